The molecule has 0 saturated carbocycles. The molecule has 0 atom stereocenters. The summed E-state index contributed by atoms with van der Waals surface area (Å²) in [6, 6.07) is 0. The van der Waals surface area contributed by atoms with Gasteiger partial charge in [-0.2, -0.15) is 0 Å². The van der Waals surface area contributed by atoms with Crippen molar-refractivity contribution in [2.75, 3.05) is 7.11 Å². The fourth-order valence-electron chi connectivity index (χ4n) is 1.16. The second-order valence-electron chi connectivity index (χ2n) is 2.93. The molecule has 0 N–H and O–H groups in total. The molecule has 18 heavy (non-hydrogen) atoms. The number of hydrogen-bond acceptors (Lipinski definition) is 4. The minimum Gasteiger partial charge on any atom is -0.478 e. The SMILES string of the molecule is COc1ncc(C(F)F)c(C=O)c1OC(F)(F)F. The molecule has 0 aliphatic rings. The zero-order valence-electron chi connectivity index (χ0n) is 8.79. The van der Waals surface area contributed by atoms with Crippen molar-refractivity contribution in [2.45, 2.75) is 12.8 Å². The van der Waals surface area contributed by atoms with Gasteiger partial charge >= 0.3 is 6.36 Å². The van der Waals surface area contributed by atoms with E-state index in [-0.39, 0.29) is 6.29 Å². The first-order valence-corrected chi connectivity index (χ1v) is 4.36. The fourth-order valence-corrected chi connectivity index (χ4v) is 1.16. The molecule has 0 aliphatic heterocycles. The lowest BCUT2D eigenvalue weighted by atomic mass is 10.1. The average molecular weight is 271 g/mol. The summed E-state index contributed by atoms with van der Waals surface area (Å²) in [4.78, 5) is 13.9. The van der Waals surface area contributed by atoms with Crippen LogP contribution in [-0.2, 0) is 0 Å². The third-order valence-electron chi connectivity index (χ3n) is 1.83. The number of aromatic nitrogens is 1. The summed E-state index contributed by atoms with van der Waals surface area (Å²) in [7, 11) is 0.961. The van der Waals surface area contributed by atoms with Crippen LogP contribution in [0.15, 0.2) is 6.20 Å². The van der Waals surface area contributed by atoms with Crippen LogP contribution in [0.4, 0.5) is 22.0 Å². The van der Waals surface area contributed by atoms with Gasteiger partial charge in [-0.05, 0) is 0 Å². The minimum atomic E-state index is -5.16. The molecule has 100 valence electrons. The molecule has 1 heterocycles. The second-order valence-corrected chi connectivity index (χ2v) is 2.93. The summed E-state index contributed by atoms with van der Waals surface area (Å²) in [5.74, 6) is -1.89. The van der Waals surface area contributed by atoms with Gasteiger partial charge in [-0.3, -0.25) is 4.79 Å². The van der Waals surface area contributed by atoms with Crippen molar-refractivity contribution in [3.8, 4) is 11.6 Å². The number of hydrogen-bond donors (Lipinski definition) is 0. The van der Waals surface area contributed by atoms with Gasteiger partial charge in [0.25, 0.3) is 12.3 Å². The van der Waals surface area contributed by atoms with Crippen LogP contribution in [0.1, 0.15) is 22.3 Å². The summed E-state index contributed by atoms with van der Waals surface area (Å²) < 4.78 is 69.2. The number of nitrogens with zero attached hydrogens (tertiary/aromatic N) is 1. The number of pyridine rings is 1. The van der Waals surface area contributed by atoms with E-state index in [1.165, 1.54) is 0 Å². The normalized spacial score (nSPS) is 11.5. The van der Waals surface area contributed by atoms with E-state index in [1.54, 1.807) is 0 Å². The van der Waals surface area contributed by atoms with E-state index in [9.17, 15) is 26.7 Å². The van der Waals surface area contributed by atoms with Crippen LogP contribution in [0, 0.1) is 0 Å². The van der Waals surface area contributed by atoms with Gasteiger partial charge in [-0.25, -0.2) is 13.8 Å². The predicted octanol–water partition coefficient (Wildman–Crippen LogP) is 2.74. The Balaban J connectivity index is 3.42. The van der Waals surface area contributed by atoms with Crippen LogP contribution in [0.2, 0.25) is 0 Å². The molecule has 1 rings (SSSR count). The van der Waals surface area contributed by atoms with Gasteiger partial charge in [0.2, 0.25) is 5.75 Å². The Morgan fingerprint density at radius 2 is 2.00 bits per heavy atom. The van der Waals surface area contributed by atoms with Crippen molar-refractivity contribution in [1.29, 1.82) is 0 Å². The number of carbonyl (C=O) groups excluding carboxylic acids is 1. The number of rotatable bonds is 4. The number of halogens is 5. The third-order valence-corrected chi connectivity index (χ3v) is 1.83. The first-order chi connectivity index (χ1) is 8.30. The van der Waals surface area contributed by atoms with Gasteiger partial charge in [-0.1, -0.05) is 0 Å². The van der Waals surface area contributed by atoms with Gasteiger partial charge in [0.1, 0.15) is 0 Å². The molecule has 1 aromatic heterocycles. The Labute approximate surface area is 97.3 Å². The zero-order valence-corrected chi connectivity index (χ0v) is 8.79. The van der Waals surface area contributed by atoms with Crippen molar-refractivity contribution >= 4 is 6.29 Å². The van der Waals surface area contributed by atoms with E-state index < -0.39 is 35.5 Å². The van der Waals surface area contributed by atoms with E-state index >= 15 is 0 Å². The first kappa shape index (κ1) is 14.1. The van der Waals surface area contributed by atoms with E-state index in [1.807, 2.05) is 0 Å². The number of ether oxygens (including phenoxy) is 2. The maximum Gasteiger partial charge on any atom is 0.573 e. The molecule has 0 spiro atoms. The van der Waals surface area contributed by atoms with Crippen LogP contribution in [-0.4, -0.2) is 24.7 Å². The van der Waals surface area contributed by atoms with E-state index in [4.69, 9.17) is 0 Å². The number of alkyl halides is 5. The minimum absolute atomic E-state index is 0.174. The fraction of sp³-hybridized carbons (Fsp3) is 0.333. The van der Waals surface area contributed by atoms with Crippen molar-refractivity contribution in [3.05, 3.63) is 17.3 Å². The Morgan fingerprint density at radius 1 is 1.39 bits per heavy atom. The molecular weight excluding hydrogens is 265 g/mol. The molecule has 0 bridgehead atoms. The van der Waals surface area contributed by atoms with Crippen molar-refractivity contribution in [1.82, 2.24) is 4.98 Å². The summed E-state index contributed by atoms with van der Waals surface area (Å²) in [5, 5.41) is 0. The molecule has 0 radical (unpaired) electrons. The maximum atomic E-state index is 12.5. The van der Waals surface area contributed by atoms with Gasteiger partial charge < -0.3 is 9.47 Å². The van der Waals surface area contributed by atoms with E-state index in [0.717, 1.165) is 7.11 Å². The molecule has 0 saturated heterocycles. The van der Waals surface area contributed by atoms with Crippen LogP contribution in [0.3, 0.4) is 0 Å². The largest absolute Gasteiger partial charge is 0.573 e. The molecule has 0 amide bonds. The van der Waals surface area contributed by atoms with Crippen LogP contribution in [0.25, 0.3) is 0 Å². The van der Waals surface area contributed by atoms with Crippen LogP contribution < -0.4 is 9.47 Å². The second kappa shape index (κ2) is 5.15. The lowest BCUT2D eigenvalue weighted by molar-refractivity contribution is -0.275. The molecule has 4 nitrogen and oxygen atoms in total. The van der Waals surface area contributed by atoms with Crippen molar-refractivity contribution in [2.24, 2.45) is 0 Å². The zero-order chi connectivity index (χ0) is 13.9. The summed E-state index contributed by atoms with van der Waals surface area (Å²) in [6.07, 6.45) is -7.95. The maximum absolute atomic E-state index is 12.5. The topological polar surface area (TPSA) is 48.4 Å². The molecule has 0 fully saturated rings. The Hall–Kier alpha value is -1.93. The smallest absolute Gasteiger partial charge is 0.478 e. The van der Waals surface area contributed by atoms with Crippen LogP contribution in [0.5, 0.6) is 11.6 Å². The van der Waals surface area contributed by atoms with E-state index in [0.29, 0.717) is 6.20 Å². The monoisotopic (exact) mass is 271 g/mol. The Kier molecular flexibility index (Phi) is 4.04. The van der Waals surface area contributed by atoms with Gasteiger partial charge in [0, 0.05) is 6.20 Å². The summed E-state index contributed by atoms with van der Waals surface area (Å²) >= 11 is 0. The van der Waals surface area contributed by atoms with Gasteiger partial charge in [0.15, 0.2) is 6.29 Å². The van der Waals surface area contributed by atoms with Gasteiger partial charge in [0.05, 0.1) is 18.2 Å². The predicted molar refractivity (Wildman–Crippen MR) is 47.8 cm³/mol. The molecule has 0 aromatic carbocycles. The average Bonchev–Trinajstić information content (AvgIpc) is 2.26. The number of aldehydes is 1. The lowest BCUT2D eigenvalue weighted by Crippen LogP contribution is -2.19. The standard InChI is InChI=1S/C9H6F5NO3/c1-17-8-6(18-9(12,13)14)5(3-16)4(2-15-8)7(10)11/h2-3,7H,1H3. The highest BCUT2D eigenvalue weighted by Gasteiger charge is 2.35. The molecule has 9 heteroatoms. The Bertz CT molecular complexity index is 447. The molecule has 0 aliphatic carbocycles. The third kappa shape index (κ3) is 3.05. The molecular formula is C9H6F5NO3. The number of methoxy groups -OCH3 is 1. The highest BCUT2D eigenvalue weighted by Crippen LogP contribution is 2.37. The van der Waals surface area contributed by atoms with Crippen molar-refractivity contribution in [3.63, 3.8) is 0 Å². The lowest BCUT2D eigenvalue weighted by Gasteiger charge is -2.15. The molecule has 1 aromatic rings. The quantitative estimate of drug-likeness (QED) is 0.624. The summed E-state index contributed by atoms with van der Waals surface area (Å²) in [5.41, 5.74) is -1.92. The Morgan fingerprint density at radius 3 is 2.39 bits per heavy atom. The number of carbonyl (C=O) groups is 1. The molecule has 0 unspecified atom stereocenters. The van der Waals surface area contributed by atoms with Gasteiger partial charge in [-0.15, -0.1) is 13.2 Å². The highest BCUT2D eigenvalue weighted by molar-refractivity contribution is 5.83. The highest BCUT2D eigenvalue weighted by atomic mass is 19.4. The summed E-state index contributed by atoms with van der Waals surface area (Å²) in [6.45, 7) is 0. The van der Waals surface area contributed by atoms with E-state index in [2.05, 4.69) is 14.5 Å². The first-order valence-electron chi connectivity index (χ1n) is 4.36. The van der Waals surface area contributed by atoms with Crippen molar-refractivity contribution < 1.29 is 36.2 Å². The van der Waals surface area contributed by atoms with Crippen LogP contribution >= 0.6 is 0 Å².